The van der Waals surface area contributed by atoms with E-state index in [2.05, 4.69) is 10.5 Å². The minimum atomic E-state index is -1.17. The summed E-state index contributed by atoms with van der Waals surface area (Å²) in [6.45, 7) is 5.80. The summed E-state index contributed by atoms with van der Waals surface area (Å²) in [5.41, 5.74) is -0.111. The molecular formula is C16H18N2O5. The molecule has 0 saturated carbocycles. The zero-order valence-electron chi connectivity index (χ0n) is 13.3. The number of carboxylic acid groups (broad SMARTS) is 1. The van der Waals surface area contributed by atoms with E-state index < -0.39 is 11.9 Å². The number of hydrogen-bond donors (Lipinski definition) is 2. The summed E-state index contributed by atoms with van der Waals surface area (Å²) < 4.78 is 10.1. The maximum atomic E-state index is 12.2. The Morgan fingerprint density at radius 1 is 1.26 bits per heavy atom. The second-order valence-electron chi connectivity index (χ2n) is 6.00. The lowest BCUT2D eigenvalue weighted by molar-refractivity contribution is 0.0697. The molecule has 0 atom stereocenters. The standard InChI is InChI=1S/C16H18N2O5/c1-16(2,3)13-8-12(18-23-13)14(19)17-11-6-5-9(22-4)7-10(11)15(20)21/h5-8H,1-4H3,(H,17,19)(H,20,21). The number of amides is 1. The van der Waals surface area contributed by atoms with Gasteiger partial charge in [-0.25, -0.2) is 4.79 Å². The number of nitrogens with one attached hydrogen (secondary N) is 1. The van der Waals surface area contributed by atoms with Crippen molar-refractivity contribution < 1.29 is 24.0 Å². The normalized spacial score (nSPS) is 11.1. The number of rotatable bonds is 4. The van der Waals surface area contributed by atoms with E-state index in [0.717, 1.165) is 0 Å². The molecule has 0 bridgehead atoms. The third kappa shape index (κ3) is 3.68. The highest BCUT2D eigenvalue weighted by Gasteiger charge is 2.23. The Balaban J connectivity index is 2.27. The SMILES string of the molecule is COc1ccc(NC(=O)c2cc(C(C)(C)C)on2)c(C(=O)O)c1. The van der Waals surface area contributed by atoms with Gasteiger partial charge in [0.05, 0.1) is 18.4 Å². The number of carboxylic acids is 1. The van der Waals surface area contributed by atoms with Crippen LogP contribution >= 0.6 is 0 Å². The van der Waals surface area contributed by atoms with E-state index in [4.69, 9.17) is 9.26 Å². The molecule has 2 aromatic rings. The highest BCUT2D eigenvalue weighted by Crippen LogP contribution is 2.25. The fraction of sp³-hybridized carbons (Fsp3) is 0.312. The second kappa shape index (κ2) is 6.12. The first-order valence-electron chi connectivity index (χ1n) is 6.92. The van der Waals surface area contributed by atoms with Gasteiger partial charge in [-0.05, 0) is 18.2 Å². The Hall–Kier alpha value is -2.83. The van der Waals surface area contributed by atoms with Gasteiger partial charge in [-0.1, -0.05) is 25.9 Å². The summed E-state index contributed by atoms with van der Waals surface area (Å²) >= 11 is 0. The van der Waals surface area contributed by atoms with Crippen LogP contribution in [-0.2, 0) is 5.41 Å². The van der Waals surface area contributed by atoms with Gasteiger partial charge in [0.2, 0.25) is 0 Å². The highest BCUT2D eigenvalue weighted by atomic mass is 16.5. The van der Waals surface area contributed by atoms with Gasteiger partial charge in [0.15, 0.2) is 5.69 Å². The number of aromatic nitrogens is 1. The number of hydrogen-bond acceptors (Lipinski definition) is 5. The third-order valence-corrected chi connectivity index (χ3v) is 3.19. The Labute approximate surface area is 133 Å². The summed E-state index contributed by atoms with van der Waals surface area (Å²) in [6, 6.07) is 5.90. The van der Waals surface area contributed by atoms with E-state index in [-0.39, 0.29) is 22.4 Å². The van der Waals surface area contributed by atoms with E-state index >= 15 is 0 Å². The number of anilines is 1. The average molecular weight is 318 g/mol. The molecule has 1 amide bonds. The molecule has 0 aliphatic rings. The topological polar surface area (TPSA) is 102 Å². The van der Waals surface area contributed by atoms with Crippen LogP contribution in [0.4, 0.5) is 5.69 Å². The second-order valence-corrected chi connectivity index (χ2v) is 6.00. The lowest BCUT2D eigenvalue weighted by Gasteiger charge is -2.12. The number of carbonyl (C=O) groups excluding carboxylic acids is 1. The van der Waals surface area contributed by atoms with E-state index in [9.17, 15) is 14.7 Å². The van der Waals surface area contributed by atoms with Crippen LogP contribution < -0.4 is 10.1 Å². The zero-order valence-corrected chi connectivity index (χ0v) is 13.3. The first-order chi connectivity index (χ1) is 10.7. The largest absolute Gasteiger partial charge is 0.497 e. The van der Waals surface area contributed by atoms with Crippen LogP contribution in [0.25, 0.3) is 0 Å². The summed E-state index contributed by atoms with van der Waals surface area (Å²) in [7, 11) is 1.43. The Kier molecular flexibility index (Phi) is 4.40. The van der Waals surface area contributed by atoms with Gasteiger partial charge >= 0.3 is 5.97 Å². The molecule has 0 spiro atoms. The van der Waals surface area contributed by atoms with Gasteiger partial charge in [0.1, 0.15) is 11.5 Å². The Morgan fingerprint density at radius 2 is 1.96 bits per heavy atom. The lowest BCUT2D eigenvalue weighted by atomic mass is 9.93. The molecule has 1 aromatic heterocycles. The lowest BCUT2D eigenvalue weighted by Crippen LogP contribution is -2.15. The highest BCUT2D eigenvalue weighted by molar-refractivity contribution is 6.06. The minimum absolute atomic E-state index is 0.0720. The van der Waals surface area contributed by atoms with E-state index in [1.807, 2.05) is 20.8 Å². The van der Waals surface area contributed by atoms with Crippen LogP contribution in [0.1, 0.15) is 47.4 Å². The molecule has 0 aliphatic carbocycles. The molecule has 2 rings (SSSR count). The van der Waals surface area contributed by atoms with E-state index in [1.54, 1.807) is 12.1 Å². The number of aromatic carboxylic acids is 1. The quantitative estimate of drug-likeness (QED) is 0.898. The third-order valence-electron chi connectivity index (χ3n) is 3.19. The average Bonchev–Trinajstić information content (AvgIpc) is 2.97. The van der Waals surface area contributed by atoms with Crippen molar-refractivity contribution in [1.29, 1.82) is 0 Å². The van der Waals surface area contributed by atoms with Gasteiger partial charge < -0.3 is 19.7 Å². The summed E-state index contributed by atoms with van der Waals surface area (Å²) in [6.07, 6.45) is 0. The van der Waals surface area contributed by atoms with Crippen molar-refractivity contribution in [1.82, 2.24) is 5.16 Å². The van der Waals surface area contributed by atoms with Gasteiger partial charge in [-0.3, -0.25) is 4.79 Å². The molecule has 7 heteroatoms. The first kappa shape index (κ1) is 16.5. The van der Waals surface area contributed by atoms with Crippen LogP contribution in [-0.4, -0.2) is 29.2 Å². The van der Waals surface area contributed by atoms with Gasteiger partial charge in [0, 0.05) is 11.5 Å². The fourth-order valence-corrected chi connectivity index (χ4v) is 1.86. The number of benzene rings is 1. The fourth-order valence-electron chi connectivity index (χ4n) is 1.86. The van der Waals surface area contributed by atoms with Crippen molar-refractivity contribution in [2.45, 2.75) is 26.2 Å². The molecule has 7 nitrogen and oxygen atoms in total. The molecule has 1 heterocycles. The molecule has 2 N–H and O–H groups in total. The molecular weight excluding hydrogens is 300 g/mol. The number of ether oxygens (including phenoxy) is 1. The van der Waals surface area contributed by atoms with Crippen LogP contribution in [0.2, 0.25) is 0 Å². The summed E-state index contributed by atoms with van der Waals surface area (Å²) in [5, 5.41) is 15.5. The van der Waals surface area contributed by atoms with Crippen LogP contribution in [0.3, 0.4) is 0 Å². The Morgan fingerprint density at radius 3 is 2.48 bits per heavy atom. The maximum Gasteiger partial charge on any atom is 0.337 e. The number of nitrogens with zero attached hydrogens (tertiary/aromatic N) is 1. The smallest absolute Gasteiger partial charge is 0.337 e. The molecule has 0 fully saturated rings. The van der Waals surface area contributed by atoms with Crippen molar-refractivity contribution in [2.24, 2.45) is 0 Å². The summed E-state index contributed by atoms with van der Waals surface area (Å²) in [5.74, 6) is -0.764. The predicted octanol–water partition coefficient (Wildman–Crippen LogP) is 2.93. The molecule has 1 aromatic carbocycles. The predicted molar refractivity (Wildman–Crippen MR) is 83.1 cm³/mol. The van der Waals surface area contributed by atoms with Gasteiger partial charge in [0.25, 0.3) is 5.91 Å². The van der Waals surface area contributed by atoms with Crippen LogP contribution in [0.15, 0.2) is 28.8 Å². The monoisotopic (exact) mass is 318 g/mol. The van der Waals surface area contributed by atoms with Crippen molar-refractivity contribution >= 4 is 17.6 Å². The van der Waals surface area contributed by atoms with Crippen molar-refractivity contribution in [2.75, 3.05) is 12.4 Å². The number of methoxy groups -OCH3 is 1. The van der Waals surface area contributed by atoms with E-state index in [1.165, 1.54) is 19.2 Å². The molecule has 0 radical (unpaired) electrons. The molecule has 0 saturated heterocycles. The van der Waals surface area contributed by atoms with E-state index in [0.29, 0.717) is 11.5 Å². The maximum absolute atomic E-state index is 12.2. The van der Waals surface area contributed by atoms with Crippen molar-refractivity contribution in [3.63, 3.8) is 0 Å². The zero-order chi connectivity index (χ0) is 17.2. The van der Waals surface area contributed by atoms with Crippen molar-refractivity contribution in [3.05, 3.63) is 41.3 Å². The molecule has 23 heavy (non-hydrogen) atoms. The van der Waals surface area contributed by atoms with Gasteiger partial charge in [-0.2, -0.15) is 0 Å². The first-order valence-corrected chi connectivity index (χ1v) is 6.92. The van der Waals surface area contributed by atoms with Crippen LogP contribution in [0, 0.1) is 0 Å². The number of carbonyl (C=O) groups is 2. The molecule has 0 unspecified atom stereocenters. The minimum Gasteiger partial charge on any atom is -0.497 e. The Bertz CT molecular complexity index is 743. The van der Waals surface area contributed by atoms with Crippen molar-refractivity contribution in [3.8, 4) is 5.75 Å². The molecule has 122 valence electrons. The summed E-state index contributed by atoms with van der Waals surface area (Å²) in [4.78, 5) is 23.5. The van der Waals surface area contributed by atoms with Crippen LogP contribution in [0.5, 0.6) is 5.75 Å². The van der Waals surface area contributed by atoms with Gasteiger partial charge in [-0.15, -0.1) is 0 Å². The molecule has 0 aliphatic heterocycles.